The van der Waals surface area contributed by atoms with E-state index < -0.39 is 0 Å². The maximum absolute atomic E-state index is 12.6. The monoisotopic (exact) mass is 358 g/mol. The van der Waals surface area contributed by atoms with E-state index in [2.05, 4.69) is 15.4 Å². The van der Waals surface area contributed by atoms with Crippen molar-refractivity contribution in [3.8, 4) is 11.4 Å². The van der Waals surface area contributed by atoms with E-state index >= 15 is 0 Å². The highest BCUT2D eigenvalue weighted by Gasteiger charge is 2.13. The number of fused-ring (bicyclic) bond motifs is 1. The Morgan fingerprint density at radius 1 is 1.11 bits per heavy atom. The number of aromatic nitrogens is 3. The number of ether oxygens (including phenoxy) is 1. The zero-order chi connectivity index (χ0) is 18.8. The van der Waals surface area contributed by atoms with Crippen molar-refractivity contribution in [3.05, 3.63) is 78.2 Å². The van der Waals surface area contributed by atoms with Crippen molar-refractivity contribution in [2.75, 3.05) is 12.4 Å². The molecule has 0 spiro atoms. The topological polar surface area (TPSA) is 69.0 Å². The third kappa shape index (κ3) is 3.37. The maximum Gasteiger partial charge on any atom is 0.276 e. The van der Waals surface area contributed by atoms with Crippen molar-refractivity contribution in [1.82, 2.24) is 14.8 Å². The van der Waals surface area contributed by atoms with E-state index in [1.165, 1.54) is 0 Å². The van der Waals surface area contributed by atoms with Crippen LogP contribution in [0.4, 0.5) is 5.69 Å². The molecule has 134 valence electrons. The Morgan fingerprint density at radius 2 is 1.96 bits per heavy atom. The molecule has 0 atom stereocenters. The van der Waals surface area contributed by atoms with Crippen molar-refractivity contribution in [3.63, 3.8) is 0 Å². The molecule has 4 aromatic rings. The van der Waals surface area contributed by atoms with Gasteiger partial charge in [-0.3, -0.25) is 9.78 Å². The summed E-state index contributed by atoms with van der Waals surface area (Å²) in [6.07, 6.45) is 3.38. The first kappa shape index (κ1) is 16.8. The Bertz CT molecular complexity index is 1130. The Morgan fingerprint density at radius 3 is 2.81 bits per heavy atom. The van der Waals surface area contributed by atoms with Crippen molar-refractivity contribution in [2.45, 2.75) is 6.92 Å². The number of nitrogens with zero attached hydrogens (tertiary/aromatic N) is 3. The summed E-state index contributed by atoms with van der Waals surface area (Å²) in [7, 11) is 1.61. The second-order valence-electron chi connectivity index (χ2n) is 6.19. The molecule has 1 amide bonds. The number of amides is 1. The van der Waals surface area contributed by atoms with Crippen LogP contribution in [0.15, 0.2) is 67.0 Å². The van der Waals surface area contributed by atoms with Gasteiger partial charge < -0.3 is 10.1 Å². The van der Waals surface area contributed by atoms with Gasteiger partial charge in [0.25, 0.3) is 5.91 Å². The standard InChI is InChI=1S/C21H18N4O2/c1-14-7-8-20(27-2)19(11-14)25-10-9-18(24-25)21(26)23-16-12-15-5-3-4-6-17(15)22-13-16/h3-13H,1-2H3,(H,23,26). The predicted octanol–water partition coefficient (Wildman–Crippen LogP) is 3.99. The molecule has 6 nitrogen and oxygen atoms in total. The third-order valence-electron chi connectivity index (χ3n) is 4.25. The molecular weight excluding hydrogens is 340 g/mol. The number of benzene rings is 2. The van der Waals surface area contributed by atoms with Crippen LogP contribution in [0.1, 0.15) is 16.1 Å². The SMILES string of the molecule is COc1ccc(C)cc1-n1ccc(C(=O)Nc2cnc3ccccc3c2)n1. The van der Waals surface area contributed by atoms with Gasteiger partial charge in [-0.25, -0.2) is 4.68 Å². The Hall–Kier alpha value is -3.67. The molecule has 0 radical (unpaired) electrons. The molecular formula is C21H18N4O2. The van der Waals surface area contributed by atoms with E-state index in [0.29, 0.717) is 17.1 Å². The predicted molar refractivity (Wildman–Crippen MR) is 105 cm³/mol. The zero-order valence-electron chi connectivity index (χ0n) is 15.0. The van der Waals surface area contributed by atoms with E-state index in [-0.39, 0.29) is 5.91 Å². The molecule has 0 saturated heterocycles. The largest absolute Gasteiger partial charge is 0.494 e. The van der Waals surface area contributed by atoms with Crippen LogP contribution >= 0.6 is 0 Å². The van der Waals surface area contributed by atoms with Crippen LogP contribution in [0.3, 0.4) is 0 Å². The molecule has 4 rings (SSSR count). The summed E-state index contributed by atoms with van der Waals surface area (Å²) in [6.45, 7) is 1.99. The fourth-order valence-corrected chi connectivity index (χ4v) is 2.89. The second-order valence-corrected chi connectivity index (χ2v) is 6.19. The number of pyridine rings is 1. The quantitative estimate of drug-likeness (QED) is 0.599. The number of carbonyl (C=O) groups is 1. The first-order valence-electron chi connectivity index (χ1n) is 8.51. The second kappa shape index (κ2) is 6.92. The normalized spacial score (nSPS) is 10.7. The van der Waals surface area contributed by atoms with Gasteiger partial charge in [-0.05, 0) is 42.8 Å². The molecule has 2 aromatic carbocycles. The summed E-state index contributed by atoms with van der Waals surface area (Å²) in [5.74, 6) is 0.395. The van der Waals surface area contributed by atoms with E-state index in [1.807, 2.05) is 55.5 Å². The number of carbonyl (C=O) groups excluding carboxylic acids is 1. The van der Waals surface area contributed by atoms with Crippen molar-refractivity contribution >= 4 is 22.5 Å². The van der Waals surface area contributed by atoms with Gasteiger partial charge in [-0.15, -0.1) is 0 Å². The van der Waals surface area contributed by atoms with E-state index in [9.17, 15) is 4.79 Å². The van der Waals surface area contributed by atoms with Gasteiger partial charge in [0.1, 0.15) is 11.4 Å². The summed E-state index contributed by atoms with van der Waals surface area (Å²) in [5.41, 5.74) is 3.68. The number of hydrogen-bond acceptors (Lipinski definition) is 4. The van der Waals surface area contributed by atoms with Crippen LogP contribution in [0.5, 0.6) is 5.75 Å². The number of nitrogens with one attached hydrogen (secondary N) is 1. The van der Waals surface area contributed by atoms with Crippen molar-refractivity contribution in [2.24, 2.45) is 0 Å². The first-order valence-corrected chi connectivity index (χ1v) is 8.51. The third-order valence-corrected chi connectivity index (χ3v) is 4.25. The van der Waals surface area contributed by atoms with Gasteiger partial charge in [-0.2, -0.15) is 5.10 Å². The lowest BCUT2D eigenvalue weighted by Crippen LogP contribution is -2.13. The van der Waals surface area contributed by atoms with E-state index in [1.54, 1.807) is 30.3 Å². The lowest BCUT2D eigenvalue weighted by Gasteiger charge is -2.09. The van der Waals surface area contributed by atoms with Gasteiger partial charge in [0.05, 0.1) is 24.5 Å². The molecule has 1 N–H and O–H groups in total. The summed E-state index contributed by atoms with van der Waals surface area (Å²) in [4.78, 5) is 16.9. The minimum Gasteiger partial charge on any atom is -0.494 e. The van der Waals surface area contributed by atoms with Crippen LogP contribution in [0.2, 0.25) is 0 Å². The van der Waals surface area contributed by atoms with Crippen LogP contribution in [-0.2, 0) is 0 Å². The van der Waals surface area contributed by atoms with Crippen LogP contribution < -0.4 is 10.1 Å². The summed E-state index contributed by atoms with van der Waals surface area (Å²) < 4.78 is 7.03. The van der Waals surface area contributed by atoms with Gasteiger partial charge in [0.15, 0.2) is 5.69 Å². The molecule has 0 aliphatic rings. The highest BCUT2D eigenvalue weighted by Crippen LogP contribution is 2.23. The Balaban J connectivity index is 1.59. The average Bonchev–Trinajstić information content (AvgIpc) is 3.18. The molecule has 0 bridgehead atoms. The number of anilines is 1. The first-order chi connectivity index (χ1) is 13.1. The van der Waals surface area contributed by atoms with E-state index in [4.69, 9.17) is 4.74 Å². The van der Waals surface area contributed by atoms with Crippen LogP contribution in [-0.4, -0.2) is 27.8 Å². The molecule has 2 heterocycles. The highest BCUT2D eigenvalue weighted by atomic mass is 16.5. The average molecular weight is 358 g/mol. The Kier molecular flexibility index (Phi) is 4.30. The number of rotatable bonds is 4. The van der Waals surface area contributed by atoms with Crippen LogP contribution in [0.25, 0.3) is 16.6 Å². The number of aryl methyl sites for hydroxylation is 1. The molecule has 0 aliphatic carbocycles. The molecule has 27 heavy (non-hydrogen) atoms. The fourth-order valence-electron chi connectivity index (χ4n) is 2.89. The molecule has 0 unspecified atom stereocenters. The number of para-hydroxylation sites is 1. The zero-order valence-corrected chi connectivity index (χ0v) is 15.0. The van der Waals surface area contributed by atoms with Gasteiger partial charge in [0.2, 0.25) is 0 Å². The smallest absolute Gasteiger partial charge is 0.276 e. The fraction of sp³-hybridized carbons (Fsp3) is 0.0952. The van der Waals surface area contributed by atoms with Crippen LogP contribution in [0, 0.1) is 6.92 Å². The van der Waals surface area contributed by atoms with Crippen molar-refractivity contribution < 1.29 is 9.53 Å². The van der Waals surface area contributed by atoms with Gasteiger partial charge in [-0.1, -0.05) is 24.3 Å². The van der Waals surface area contributed by atoms with Gasteiger partial charge in [0, 0.05) is 11.6 Å². The lowest BCUT2D eigenvalue weighted by molar-refractivity contribution is 0.102. The van der Waals surface area contributed by atoms with Gasteiger partial charge >= 0.3 is 0 Å². The molecule has 0 saturated carbocycles. The maximum atomic E-state index is 12.6. The summed E-state index contributed by atoms with van der Waals surface area (Å²) in [6, 6.07) is 17.1. The molecule has 6 heteroatoms. The highest BCUT2D eigenvalue weighted by molar-refractivity contribution is 6.03. The molecule has 0 aliphatic heterocycles. The van der Waals surface area contributed by atoms with E-state index in [0.717, 1.165) is 22.2 Å². The van der Waals surface area contributed by atoms with Crippen molar-refractivity contribution in [1.29, 1.82) is 0 Å². The molecule has 0 fully saturated rings. The minimum absolute atomic E-state index is 0.294. The summed E-state index contributed by atoms with van der Waals surface area (Å²) in [5, 5.41) is 8.20. The Labute approximate surface area is 156 Å². The molecule has 2 aromatic heterocycles. The minimum atomic E-state index is -0.294. The number of hydrogen-bond donors (Lipinski definition) is 1. The lowest BCUT2D eigenvalue weighted by atomic mass is 10.2. The summed E-state index contributed by atoms with van der Waals surface area (Å²) >= 11 is 0. The number of methoxy groups -OCH3 is 1.